The Morgan fingerprint density at radius 3 is 3.06 bits per heavy atom. The average Bonchev–Trinajstić information content (AvgIpc) is 2.99. The molecule has 1 heterocycles. The van der Waals surface area contributed by atoms with E-state index in [-0.39, 0.29) is 11.4 Å². The normalized spacial score (nSPS) is 46.2. The SMILES string of the molecule is C=C1[C@@H]2C[C@@H]2[C@]2(C)C=C3OC(=O)C(C)=C3C[C@@H]12. The quantitative estimate of drug-likeness (QED) is 0.470. The molecule has 2 saturated carbocycles. The van der Waals surface area contributed by atoms with Gasteiger partial charge in [-0.15, -0.1) is 0 Å². The second-order valence-corrected chi connectivity index (χ2v) is 6.15. The molecule has 2 fully saturated rings. The van der Waals surface area contributed by atoms with Crippen molar-refractivity contribution in [3.63, 3.8) is 0 Å². The maximum Gasteiger partial charge on any atom is 0.339 e. The Hall–Kier alpha value is -1.31. The Morgan fingerprint density at radius 2 is 2.29 bits per heavy atom. The second kappa shape index (κ2) is 2.58. The van der Waals surface area contributed by atoms with Gasteiger partial charge in [0.1, 0.15) is 5.76 Å². The molecule has 0 aromatic rings. The van der Waals surface area contributed by atoms with Crippen LogP contribution in [0, 0.1) is 23.2 Å². The van der Waals surface area contributed by atoms with Gasteiger partial charge in [-0.25, -0.2) is 4.79 Å². The molecule has 0 radical (unpaired) electrons. The fourth-order valence-corrected chi connectivity index (χ4v) is 4.17. The van der Waals surface area contributed by atoms with Crippen LogP contribution in [0.25, 0.3) is 0 Å². The molecular formula is C15H16O2. The highest BCUT2D eigenvalue weighted by Gasteiger charge is 2.63. The van der Waals surface area contributed by atoms with Gasteiger partial charge in [0.15, 0.2) is 0 Å². The molecule has 2 nitrogen and oxygen atoms in total. The molecular weight excluding hydrogens is 212 g/mol. The highest BCUT2D eigenvalue weighted by Crippen LogP contribution is 2.70. The lowest BCUT2D eigenvalue weighted by Gasteiger charge is -2.36. The first-order valence-electron chi connectivity index (χ1n) is 6.36. The first kappa shape index (κ1) is 9.69. The Kier molecular flexibility index (Phi) is 1.47. The number of ether oxygens (including phenoxy) is 1. The lowest BCUT2D eigenvalue weighted by Crippen LogP contribution is -2.29. The van der Waals surface area contributed by atoms with Gasteiger partial charge in [0.2, 0.25) is 0 Å². The summed E-state index contributed by atoms with van der Waals surface area (Å²) in [5.41, 5.74) is 3.52. The Bertz CT molecular complexity index is 537. The van der Waals surface area contributed by atoms with E-state index in [2.05, 4.69) is 19.6 Å². The van der Waals surface area contributed by atoms with Crippen molar-refractivity contribution in [1.29, 1.82) is 0 Å². The Morgan fingerprint density at radius 1 is 1.53 bits per heavy atom. The summed E-state index contributed by atoms with van der Waals surface area (Å²) in [6.07, 6.45) is 4.45. The first-order valence-corrected chi connectivity index (χ1v) is 6.36. The van der Waals surface area contributed by atoms with Crippen LogP contribution in [-0.2, 0) is 9.53 Å². The molecule has 17 heavy (non-hydrogen) atoms. The van der Waals surface area contributed by atoms with Crippen LogP contribution in [0.2, 0.25) is 0 Å². The van der Waals surface area contributed by atoms with Crippen LogP contribution in [0.5, 0.6) is 0 Å². The molecule has 0 spiro atoms. The number of carbonyl (C=O) groups excluding carboxylic acids is 1. The van der Waals surface area contributed by atoms with Gasteiger partial charge in [0.05, 0.1) is 0 Å². The smallest absolute Gasteiger partial charge is 0.339 e. The number of allylic oxidation sites excluding steroid dienone is 3. The zero-order chi connectivity index (χ0) is 11.9. The first-order chi connectivity index (χ1) is 8.02. The average molecular weight is 228 g/mol. The summed E-state index contributed by atoms with van der Waals surface area (Å²) in [7, 11) is 0. The number of hydrogen-bond donors (Lipinski definition) is 0. The standard InChI is InChI=1S/C15H16O2/c1-7-9-4-12(9)15(3)6-13-10(5-11(7)15)8(2)14(16)17-13/h6,9,11-12H,1,4-5H2,2-3H3/t9-,11-,12-,15+/m0/s1. The number of esters is 1. The molecule has 88 valence electrons. The van der Waals surface area contributed by atoms with Gasteiger partial charge in [-0.1, -0.05) is 19.1 Å². The zero-order valence-electron chi connectivity index (χ0n) is 10.2. The minimum atomic E-state index is -0.159. The molecule has 4 atom stereocenters. The molecule has 0 saturated heterocycles. The van der Waals surface area contributed by atoms with Gasteiger partial charge in [-0.05, 0) is 49.0 Å². The van der Waals surface area contributed by atoms with Crippen molar-refractivity contribution in [1.82, 2.24) is 0 Å². The zero-order valence-corrected chi connectivity index (χ0v) is 10.2. The van der Waals surface area contributed by atoms with Crippen molar-refractivity contribution in [3.8, 4) is 0 Å². The minimum absolute atomic E-state index is 0.159. The van der Waals surface area contributed by atoms with E-state index in [0.717, 1.165) is 35.2 Å². The monoisotopic (exact) mass is 228 g/mol. The molecule has 3 aliphatic carbocycles. The molecule has 4 aliphatic rings. The Balaban J connectivity index is 1.88. The van der Waals surface area contributed by atoms with Crippen LogP contribution in [0.3, 0.4) is 0 Å². The largest absolute Gasteiger partial charge is 0.423 e. The molecule has 0 amide bonds. The minimum Gasteiger partial charge on any atom is -0.423 e. The highest BCUT2D eigenvalue weighted by molar-refractivity contribution is 5.94. The molecule has 0 unspecified atom stereocenters. The van der Waals surface area contributed by atoms with Crippen LogP contribution >= 0.6 is 0 Å². The number of fused-ring (bicyclic) bond motifs is 4. The molecule has 2 heteroatoms. The van der Waals surface area contributed by atoms with Crippen molar-refractivity contribution in [2.75, 3.05) is 0 Å². The Labute approximate surface area is 101 Å². The maximum atomic E-state index is 11.6. The number of carbonyl (C=O) groups is 1. The third kappa shape index (κ3) is 0.958. The summed E-state index contributed by atoms with van der Waals surface area (Å²) in [5.74, 6) is 2.68. The molecule has 0 aromatic carbocycles. The van der Waals surface area contributed by atoms with E-state index in [9.17, 15) is 4.79 Å². The number of rotatable bonds is 0. The second-order valence-electron chi connectivity index (χ2n) is 6.15. The van der Waals surface area contributed by atoms with E-state index in [1.54, 1.807) is 0 Å². The van der Waals surface area contributed by atoms with E-state index in [1.165, 1.54) is 12.0 Å². The van der Waals surface area contributed by atoms with Crippen LogP contribution in [0.4, 0.5) is 0 Å². The predicted octanol–water partition coefficient (Wildman–Crippen LogP) is 2.98. The summed E-state index contributed by atoms with van der Waals surface area (Å²) in [6, 6.07) is 0. The molecule has 4 rings (SSSR count). The van der Waals surface area contributed by atoms with Gasteiger partial charge < -0.3 is 4.74 Å². The van der Waals surface area contributed by atoms with Crippen molar-refractivity contribution in [2.45, 2.75) is 26.7 Å². The van der Waals surface area contributed by atoms with Gasteiger partial charge in [0, 0.05) is 11.1 Å². The fourth-order valence-electron chi connectivity index (χ4n) is 4.17. The van der Waals surface area contributed by atoms with Crippen molar-refractivity contribution >= 4 is 5.97 Å². The van der Waals surface area contributed by atoms with Crippen LogP contribution in [0.1, 0.15) is 26.7 Å². The van der Waals surface area contributed by atoms with E-state index < -0.39 is 0 Å². The van der Waals surface area contributed by atoms with E-state index in [4.69, 9.17) is 4.74 Å². The maximum absolute atomic E-state index is 11.6. The van der Waals surface area contributed by atoms with Crippen LogP contribution in [0.15, 0.2) is 35.1 Å². The van der Waals surface area contributed by atoms with Crippen molar-refractivity contribution in [2.24, 2.45) is 23.2 Å². The third-order valence-electron chi connectivity index (χ3n) is 5.37. The van der Waals surface area contributed by atoms with Crippen molar-refractivity contribution < 1.29 is 9.53 Å². The predicted molar refractivity (Wildman–Crippen MR) is 63.8 cm³/mol. The third-order valence-corrected chi connectivity index (χ3v) is 5.37. The summed E-state index contributed by atoms with van der Waals surface area (Å²) in [5, 5.41) is 0. The molecule has 0 bridgehead atoms. The van der Waals surface area contributed by atoms with Crippen LogP contribution < -0.4 is 0 Å². The van der Waals surface area contributed by atoms with E-state index >= 15 is 0 Å². The van der Waals surface area contributed by atoms with Gasteiger partial charge >= 0.3 is 5.97 Å². The van der Waals surface area contributed by atoms with E-state index in [1.807, 2.05) is 6.92 Å². The summed E-state index contributed by atoms with van der Waals surface area (Å²) in [6.45, 7) is 8.47. The topological polar surface area (TPSA) is 26.3 Å². The highest BCUT2D eigenvalue weighted by atomic mass is 16.5. The molecule has 0 aromatic heterocycles. The fraction of sp³-hybridized carbons (Fsp3) is 0.533. The lowest BCUT2D eigenvalue weighted by molar-refractivity contribution is -0.133. The van der Waals surface area contributed by atoms with Gasteiger partial charge in [-0.2, -0.15) is 0 Å². The summed E-state index contributed by atoms with van der Waals surface area (Å²) in [4.78, 5) is 11.6. The molecule has 0 N–H and O–H groups in total. The van der Waals surface area contributed by atoms with Gasteiger partial charge in [0.25, 0.3) is 0 Å². The van der Waals surface area contributed by atoms with Crippen molar-refractivity contribution in [3.05, 3.63) is 35.1 Å². The van der Waals surface area contributed by atoms with E-state index in [0.29, 0.717) is 5.92 Å². The summed E-state index contributed by atoms with van der Waals surface area (Å²) < 4.78 is 5.37. The van der Waals surface area contributed by atoms with Crippen LogP contribution in [-0.4, -0.2) is 5.97 Å². The van der Waals surface area contributed by atoms with Gasteiger partial charge in [-0.3, -0.25) is 0 Å². The number of hydrogen-bond acceptors (Lipinski definition) is 2. The lowest BCUT2D eigenvalue weighted by atomic mass is 9.67. The molecule has 1 aliphatic heterocycles. The summed E-state index contributed by atoms with van der Waals surface area (Å²) >= 11 is 0.